The van der Waals surface area contributed by atoms with E-state index in [0.717, 1.165) is 17.7 Å². The lowest BCUT2D eigenvalue weighted by atomic mass is 10.0. The third kappa shape index (κ3) is 4.20. The fraction of sp³-hybridized carbons (Fsp3) is 0.467. The fourth-order valence-corrected chi connectivity index (χ4v) is 3.05. The predicted octanol–water partition coefficient (Wildman–Crippen LogP) is 3.86. The summed E-state index contributed by atoms with van der Waals surface area (Å²) in [7, 11) is 0.0565. The highest BCUT2D eigenvalue weighted by atomic mass is 28.4. The minimum absolute atomic E-state index is 0.00231. The summed E-state index contributed by atoms with van der Waals surface area (Å²) in [6, 6.07) is 10.2. The second-order valence-electron chi connectivity index (χ2n) is 5.69. The van der Waals surface area contributed by atoms with Gasteiger partial charge >= 0.3 is 0 Å². The second kappa shape index (κ2) is 5.90. The third-order valence-electron chi connectivity index (χ3n) is 2.85. The van der Waals surface area contributed by atoms with E-state index >= 15 is 0 Å². The minimum atomic E-state index is -1.60. The Morgan fingerprint density at radius 1 is 1.16 bits per heavy atom. The standard InChI is InChI=1S/C15H22O3Si/c1-16-15-11-13(18-19(2,3)4)10-14(17-15)12-8-6-5-7-9-12/h5-9,11,14-15H,10H2,1-4H3. The molecule has 1 aromatic carbocycles. The maximum atomic E-state index is 6.10. The monoisotopic (exact) mass is 278 g/mol. The van der Waals surface area contributed by atoms with Crippen LogP contribution in [-0.2, 0) is 13.9 Å². The number of methoxy groups -OCH3 is 1. The zero-order valence-electron chi connectivity index (χ0n) is 12.1. The topological polar surface area (TPSA) is 27.7 Å². The van der Waals surface area contributed by atoms with Gasteiger partial charge in [0.25, 0.3) is 0 Å². The molecule has 19 heavy (non-hydrogen) atoms. The SMILES string of the molecule is COC1C=C(O[Si](C)(C)C)CC(c2ccccc2)O1. The maximum absolute atomic E-state index is 6.10. The Hall–Kier alpha value is -1.10. The largest absolute Gasteiger partial charge is 0.547 e. The molecule has 4 heteroatoms. The Morgan fingerprint density at radius 2 is 1.84 bits per heavy atom. The van der Waals surface area contributed by atoms with Crippen LogP contribution in [0.1, 0.15) is 18.1 Å². The van der Waals surface area contributed by atoms with Crippen LogP contribution in [0.4, 0.5) is 0 Å². The first-order valence-electron chi connectivity index (χ1n) is 6.61. The lowest BCUT2D eigenvalue weighted by Crippen LogP contribution is -2.30. The van der Waals surface area contributed by atoms with Gasteiger partial charge in [0.2, 0.25) is 8.32 Å². The molecule has 104 valence electrons. The zero-order chi connectivity index (χ0) is 13.9. The van der Waals surface area contributed by atoms with Crippen molar-refractivity contribution >= 4 is 8.32 Å². The van der Waals surface area contributed by atoms with E-state index in [-0.39, 0.29) is 12.4 Å². The van der Waals surface area contributed by atoms with Crippen LogP contribution in [0.3, 0.4) is 0 Å². The summed E-state index contributed by atoms with van der Waals surface area (Å²) in [6.45, 7) is 6.55. The highest BCUT2D eigenvalue weighted by Crippen LogP contribution is 2.33. The van der Waals surface area contributed by atoms with Crippen molar-refractivity contribution in [3.63, 3.8) is 0 Å². The van der Waals surface area contributed by atoms with E-state index in [1.807, 2.05) is 24.3 Å². The average Bonchev–Trinajstić information content (AvgIpc) is 2.37. The Bertz CT molecular complexity index is 436. The summed E-state index contributed by atoms with van der Waals surface area (Å²) in [5.41, 5.74) is 1.16. The molecule has 0 radical (unpaired) electrons. The molecule has 1 aliphatic heterocycles. The van der Waals surface area contributed by atoms with Gasteiger partial charge in [-0.3, -0.25) is 0 Å². The molecule has 2 unspecified atom stereocenters. The summed E-state index contributed by atoms with van der Waals surface area (Å²) >= 11 is 0. The van der Waals surface area contributed by atoms with E-state index in [4.69, 9.17) is 13.9 Å². The Kier molecular flexibility index (Phi) is 4.45. The van der Waals surface area contributed by atoms with Crippen molar-refractivity contribution in [2.75, 3.05) is 7.11 Å². The van der Waals surface area contributed by atoms with Gasteiger partial charge in [-0.2, -0.15) is 0 Å². The molecule has 3 nitrogen and oxygen atoms in total. The fourth-order valence-electron chi connectivity index (χ4n) is 2.11. The van der Waals surface area contributed by atoms with Gasteiger partial charge < -0.3 is 13.9 Å². The Labute approximate surface area is 116 Å². The lowest BCUT2D eigenvalue weighted by molar-refractivity contribution is -0.139. The van der Waals surface area contributed by atoms with Crippen molar-refractivity contribution in [2.45, 2.75) is 38.5 Å². The number of benzene rings is 1. The molecule has 2 atom stereocenters. The number of hydrogen-bond donors (Lipinski definition) is 0. The van der Waals surface area contributed by atoms with E-state index in [0.29, 0.717) is 0 Å². The van der Waals surface area contributed by atoms with Gasteiger partial charge in [0.1, 0.15) is 0 Å². The number of rotatable bonds is 4. The molecule has 1 heterocycles. The van der Waals surface area contributed by atoms with Crippen LogP contribution in [0, 0.1) is 0 Å². The first kappa shape index (κ1) is 14.3. The lowest BCUT2D eigenvalue weighted by Gasteiger charge is -2.32. The molecule has 0 aromatic heterocycles. The zero-order valence-corrected chi connectivity index (χ0v) is 13.1. The van der Waals surface area contributed by atoms with E-state index in [2.05, 4.69) is 31.8 Å². The van der Waals surface area contributed by atoms with Crippen molar-refractivity contribution in [3.8, 4) is 0 Å². The average molecular weight is 278 g/mol. The smallest absolute Gasteiger partial charge is 0.241 e. The first-order chi connectivity index (χ1) is 8.98. The van der Waals surface area contributed by atoms with E-state index in [9.17, 15) is 0 Å². The summed E-state index contributed by atoms with van der Waals surface area (Å²) < 4.78 is 17.3. The number of ether oxygens (including phenoxy) is 2. The van der Waals surface area contributed by atoms with E-state index in [1.165, 1.54) is 0 Å². The van der Waals surface area contributed by atoms with Crippen LogP contribution in [0.25, 0.3) is 0 Å². The highest BCUT2D eigenvalue weighted by Gasteiger charge is 2.28. The Morgan fingerprint density at radius 3 is 2.42 bits per heavy atom. The van der Waals surface area contributed by atoms with Gasteiger partial charge in [-0.15, -0.1) is 0 Å². The van der Waals surface area contributed by atoms with Gasteiger partial charge in [-0.1, -0.05) is 30.3 Å². The first-order valence-corrected chi connectivity index (χ1v) is 10.0. The third-order valence-corrected chi connectivity index (χ3v) is 3.72. The molecule has 1 aliphatic rings. The van der Waals surface area contributed by atoms with Crippen molar-refractivity contribution in [2.24, 2.45) is 0 Å². The number of hydrogen-bond acceptors (Lipinski definition) is 3. The van der Waals surface area contributed by atoms with Crippen molar-refractivity contribution in [3.05, 3.63) is 47.7 Å². The summed E-state index contributed by atoms with van der Waals surface area (Å²) in [6.07, 6.45) is 2.39. The molecular weight excluding hydrogens is 256 g/mol. The quantitative estimate of drug-likeness (QED) is 0.783. The highest BCUT2D eigenvalue weighted by molar-refractivity contribution is 6.70. The predicted molar refractivity (Wildman–Crippen MR) is 78.2 cm³/mol. The van der Waals surface area contributed by atoms with Crippen LogP contribution in [0.15, 0.2) is 42.2 Å². The van der Waals surface area contributed by atoms with Gasteiger partial charge in [-0.05, 0) is 25.2 Å². The van der Waals surface area contributed by atoms with E-state index in [1.54, 1.807) is 7.11 Å². The molecular formula is C15H22O3Si. The molecule has 0 aliphatic carbocycles. The maximum Gasteiger partial charge on any atom is 0.241 e. The summed E-state index contributed by atoms with van der Waals surface area (Å²) in [4.78, 5) is 0. The molecule has 0 N–H and O–H groups in total. The van der Waals surface area contributed by atoms with Crippen LogP contribution < -0.4 is 0 Å². The van der Waals surface area contributed by atoms with Crippen LogP contribution in [-0.4, -0.2) is 21.7 Å². The molecule has 1 aromatic rings. The van der Waals surface area contributed by atoms with Crippen molar-refractivity contribution in [1.29, 1.82) is 0 Å². The molecule has 0 saturated carbocycles. The molecule has 0 amide bonds. The van der Waals surface area contributed by atoms with Crippen LogP contribution in [0.2, 0.25) is 19.6 Å². The molecule has 0 fully saturated rings. The summed E-state index contributed by atoms with van der Waals surface area (Å²) in [5, 5.41) is 0. The second-order valence-corrected chi connectivity index (χ2v) is 10.1. The minimum Gasteiger partial charge on any atom is -0.547 e. The van der Waals surface area contributed by atoms with Gasteiger partial charge in [0.15, 0.2) is 6.29 Å². The van der Waals surface area contributed by atoms with Crippen molar-refractivity contribution < 1.29 is 13.9 Å². The molecule has 0 spiro atoms. The molecule has 0 bridgehead atoms. The summed E-state index contributed by atoms with van der Waals surface area (Å²) in [5.74, 6) is 0.992. The Balaban J connectivity index is 2.15. The molecule has 0 saturated heterocycles. The van der Waals surface area contributed by atoms with Crippen LogP contribution in [0.5, 0.6) is 0 Å². The van der Waals surface area contributed by atoms with E-state index < -0.39 is 8.32 Å². The normalized spacial score (nSPS) is 23.9. The van der Waals surface area contributed by atoms with Gasteiger partial charge in [-0.25, -0.2) is 0 Å². The van der Waals surface area contributed by atoms with Gasteiger partial charge in [0, 0.05) is 19.6 Å². The van der Waals surface area contributed by atoms with Crippen molar-refractivity contribution in [1.82, 2.24) is 0 Å². The van der Waals surface area contributed by atoms with Gasteiger partial charge in [0.05, 0.1) is 11.9 Å². The molecule has 2 rings (SSSR count). The van der Waals surface area contributed by atoms with Crippen LogP contribution >= 0.6 is 0 Å².